The summed E-state index contributed by atoms with van der Waals surface area (Å²) in [4.78, 5) is 36.1. The van der Waals surface area contributed by atoms with Crippen molar-refractivity contribution in [1.29, 1.82) is 0 Å². The molecule has 128 valence electrons. The Kier molecular flexibility index (Phi) is 8.52. The van der Waals surface area contributed by atoms with Gasteiger partial charge in [0.05, 0.1) is 13.2 Å². The van der Waals surface area contributed by atoms with Crippen molar-refractivity contribution in [2.45, 2.75) is 52.7 Å². The Bertz CT molecular complexity index is 401. The van der Waals surface area contributed by atoms with Gasteiger partial charge in [0.1, 0.15) is 0 Å². The maximum atomic E-state index is 12.4. The van der Waals surface area contributed by atoms with E-state index in [9.17, 15) is 14.4 Å². The Morgan fingerprint density at radius 3 is 1.86 bits per heavy atom. The van der Waals surface area contributed by atoms with Gasteiger partial charge in [0, 0.05) is 10.5 Å². The van der Waals surface area contributed by atoms with Gasteiger partial charge in [0.2, 0.25) is 0 Å². The third kappa shape index (κ3) is 6.25. The highest BCUT2D eigenvalue weighted by Crippen LogP contribution is 2.36. The Labute approximate surface area is 136 Å². The molecule has 0 saturated heterocycles. The van der Waals surface area contributed by atoms with Gasteiger partial charge in [-0.25, -0.2) is 4.79 Å². The molecule has 0 rings (SSSR count). The molecule has 0 heterocycles. The lowest BCUT2D eigenvalue weighted by Gasteiger charge is -2.30. The second kappa shape index (κ2) is 9.02. The number of carbonyl (C=O) groups excluding carboxylic acids is 3. The zero-order chi connectivity index (χ0) is 17.4. The summed E-state index contributed by atoms with van der Waals surface area (Å²) in [6, 6.07) is 0. The molecular weight excluding hydrogens is 308 g/mol. The third-order valence-electron chi connectivity index (χ3n) is 2.85. The zero-order valence-corrected chi connectivity index (χ0v) is 15.0. The Balaban J connectivity index is 5.31. The molecule has 0 bridgehead atoms. The number of hydrogen-bond acceptors (Lipinski definition) is 7. The summed E-state index contributed by atoms with van der Waals surface area (Å²) in [5.41, 5.74) is -1.51. The molecule has 0 saturated carbocycles. The number of thioether (sulfide) groups is 1. The van der Waals surface area contributed by atoms with Crippen molar-refractivity contribution >= 4 is 29.9 Å². The van der Waals surface area contributed by atoms with Crippen LogP contribution in [0.3, 0.4) is 0 Å². The fourth-order valence-corrected chi connectivity index (χ4v) is 2.64. The molecule has 0 aliphatic heterocycles. The lowest BCUT2D eigenvalue weighted by molar-refractivity contribution is -0.168. The summed E-state index contributed by atoms with van der Waals surface area (Å²) in [6.45, 7) is 11.1. The summed E-state index contributed by atoms with van der Waals surface area (Å²) in [6.07, 6.45) is -0.928. The summed E-state index contributed by atoms with van der Waals surface area (Å²) in [7, 11) is 0. The minimum Gasteiger partial charge on any atom is -0.465 e. The van der Waals surface area contributed by atoms with Crippen LogP contribution in [0.25, 0.3) is 0 Å². The van der Waals surface area contributed by atoms with Gasteiger partial charge in [0.15, 0.2) is 5.41 Å². The monoisotopic (exact) mass is 334 g/mol. The number of hydrogen-bond donors (Lipinski definition) is 0. The van der Waals surface area contributed by atoms with E-state index in [4.69, 9.17) is 4.74 Å². The van der Waals surface area contributed by atoms with Crippen molar-refractivity contribution < 1.29 is 28.6 Å². The van der Waals surface area contributed by atoms with E-state index in [-0.39, 0.29) is 30.1 Å². The van der Waals surface area contributed by atoms with E-state index in [1.54, 1.807) is 20.8 Å². The van der Waals surface area contributed by atoms with Gasteiger partial charge in [-0.3, -0.25) is 9.59 Å². The predicted molar refractivity (Wildman–Crippen MR) is 84.7 cm³/mol. The van der Waals surface area contributed by atoms with E-state index in [0.717, 1.165) is 0 Å². The van der Waals surface area contributed by atoms with Crippen LogP contribution in [0, 0.1) is 5.41 Å². The van der Waals surface area contributed by atoms with Crippen LogP contribution in [0.2, 0.25) is 0 Å². The molecule has 0 aliphatic carbocycles. The summed E-state index contributed by atoms with van der Waals surface area (Å²) < 4.78 is 14.1. The molecule has 0 N–H and O–H groups in total. The molecule has 0 aromatic rings. The maximum Gasteiger partial charge on any atom is 0.516 e. The Morgan fingerprint density at radius 2 is 1.45 bits per heavy atom. The molecular formula is C15H26O6S. The first-order chi connectivity index (χ1) is 10.1. The van der Waals surface area contributed by atoms with Crippen molar-refractivity contribution in [3.8, 4) is 0 Å². The predicted octanol–water partition coefficient (Wildman–Crippen LogP) is 3.18. The standard InChI is InChI=1S/C15H26O6S/c1-7-15(11(16)19-8-2,10-22-14(4,5)6)12(17)21-13(18)20-9-3/h7-10H2,1-6H3/t15-/m1/s1. The molecule has 0 aromatic carbocycles. The largest absolute Gasteiger partial charge is 0.516 e. The average molecular weight is 334 g/mol. The van der Waals surface area contributed by atoms with Crippen LogP contribution in [0.4, 0.5) is 4.79 Å². The highest BCUT2D eigenvalue weighted by Gasteiger charge is 2.49. The van der Waals surface area contributed by atoms with Crippen LogP contribution in [-0.2, 0) is 23.8 Å². The molecule has 1 atom stereocenters. The second-order valence-electron chi connectivity index (χ2n) is 5.63. The molecule has 22 heavy (non-hydrogen) atoms. The first-order valence-corrected chi connectivity index (χ1v) is 8.31. The smallest absolute Gasteiger partial charge is 0.465 e. The normalized spacial score (nSPS) is 13.9. The van der Waals surface area contributed by atoms with E-state index < -0.39 is 23.5 Å². The van der Waals surface area contributed by atoms with Crippen LogP contribution in [0.15, 0.2) is 0 Å². The maximum absolute atomic E-state index is 12.4. The molecule has 0 unspecified atom stereocenters. The van der Waals surface area contributed by atoms with Crippen molar-refractivity contribution in [2.75, 3.05) is 19.0 Å². The van der Waals surface area contributed by atoms with Gasteiger partial charge in [-0.1, -0.05) is 27.7 Å². The van der Waals surface area contributed by atoms with Crippen molar-refractivity contribution in [3.63, 3.8) is 0 Å². The van der Waals surface area contributed by atoms with E-state index in [2.05, 4.69) is 9.47 Å². The molecule has 0 radical (unpaired) electrons. The highest BCUT2D eigenvalue weighted by atomic mass is 32.2. The third-order valence-corrected chi connectivity index (χ3v) is 4.35. The van der Waals surface area contributed by atoms with Gasteiger partial charge < -0.3 is 14.2 Å². The highest BCUT2D eigenvalue weighted by molar-refractivity contribution is 8.00. The number of esters is 2. The SMILES string of the molecule is CCOC(=O)OC(=O)[C@](CC)(CSC(C)(C)C)C(=O)OCC. The second-order valence-corrected chi connectivity index (χ2v) is 7.43. The van der Waals surface area contributed by atoms with Gasteiger partial charge in [-0.2, -0.15) is 11.8 Å². The molecule has 7 heteroatoms. The van der Waals surface area contributed by atoms with Gasteiger partial charge in [-0.05, 0) is 20.3 Å². The van der Waals surface area contributed by atoms with Crippen molar-refractivity contribution in [1.82, 2.24) is 0 Å². The number of rotatable bonds is 7. The summed E-state index contributed by atoms with van der Waals surface area (Å²) in [5, 5.41) is 0. The topological polar surface area (TPSA) is 78.9 Å². The molecule has 0 fully saturated rings. The first-order valence-electron chi connectivity index (χ1n) is 7.33. The Hall–Kier alpha value is -1.24. The lowest BCUT2D eigenvalue weighted by atomic mass is 9.87. The zero-order valence-electron chi connectivity index (χ0n) is 14.2. The van der Waals surface area contributed by atoms with Gasteiger partial charge in [-0.15, -0.1) is 0 Å². The summed E-state index contributed by atoms with van der Waals surface area (Å²) >= 11 is 1.43. The quantitative estimate of drug-likeness (QED) is 0.522. The minimum absolute atomic E-state index is 0.0847. The van der Waals surface area contributed by atoms with E-state index >= 15 is 0 Å². The molecule has 0 aromatic heterocycles. The summed E-state index contributed by atoms with van der Waals surface area (Å²) in [5.74, 6) is -1.43. The van der Waals surface area contributed by atoms with Crippen molar-refractivity contribution in [2.24, 2.45) is 5.41 Å². The molecule has 0 aliphatic rings. The fraction of sp³-hybridized carbons (Fsp3) is 0.800. The average Bonchev–Trinajstić information content (AvgIpc) is 2.39. The minimum atomic E-state index is -1.51. The van der Waals surface area contributed by atoms with Crippen molar-refractivity contribution in [3.05, 3.63) is 0 Å². The van der Waals surface area contributed by atoms with E-state index in [1.807, 2.05) is 20.8 Å². The van der Waals surface area contributed by atoms with Gasteiger partial charge in [0.25, 0.3) is 0 Å². The lowest BCUT2D eigenvalue weighted by Crippen LogP contribution is -2.45. The van der Waals surface area contributed by atoms with Crippen LogP contribution in [0.5, 0.6) is 0 Å². The van der Waals surface area contributed by atoms with Crippen LogP contribution >= 0.6 is 11.8 Å². The number of ether oxygens (including phenoxy) is 3. The molecule has 0 amide bonds. The van der Waals surface area contributed by atoms with E-state index in [1.165, 1.54) is 11.8 Å². The van der Waals surface area contributed by atoms with Crippen LogP contribution < -0.4 is 0 Å². The van der Waals surface area contributed by atoms with Gasteiger partial charge >= 0.3 is 18.1 Å². The number of carbonyl (C=O) groups is 3. The van der Waals surface area contributed by atoms with Crippen LogP contribution in [-0.4, -0.2) is 41.8 Å². The fourth-order valence-electron chi connectivity index (χ4n) is 1.52. The van der Waals surface area contributed by atoms with Crippen LogP contribution in [0.1, 0.15) is 48.0 Å². The first kappa shape index (κ1) is 20.8. The molecule has 6 nitrogen and oxygen atoms in total. The van der Waals surface area contributed by atoms with E-state index in [0.29, 0.717) is 0 Å². The molecule has 0 spiro atoms. The Morgan fingerprint density at radius 1 is 0.909 bits per heavy atom.